The van der Waals surface area contributed by atoms with Gasteiger partial charge in [0.25, 0.3) is 0 Å². The average Bonchev–Trinajstić information content (AvgIpc) is 2.45. The van der Waals surface area contributed by atoms with Crippen LogP contribution >= 0.6 is 0 Å². The summed E-state index contributed by atoms with van der Waals surface area (Å²) in [6.45, 7) is 3.99. The molecule has 0 aliphatic carbocycles. The molecule has 0 saturated heterocycles. The number of esters is 1. The van der Waals surface area contributed by atoms with E-state index < -0.39 is 5.97 Å². The van der Waals surface area contributed by atoms with E-state index in [0.29, 0.717) is 0 Å². The molecular formula is C17H18O3. The molecule has 0 heterocycles. The first kappa shape index (κ1) is 14.1. The van der Waals surface area contributed by atoms with Gasteiger partial charge in [-0.05, 0) is 23.6 Å². The molecule has 1 unspecified atom stereocenters. The smallest absolute Gasteiger partial charge is 0.342 e. The fraction of sp³-hybridized carbons (Fsp3) is 0.235. The molecule has 0 bridgehead atoms. The third-order valence-corrected chi connectivity index (χ3v) is 3.09. The lowest BCUT2D eigenvalue weighted by molar-refractivity contribution is 0.0173. The number of phenols is 1. The lowest BCUT2D eigenvalue weighted by atomic mass is 9.99. The second-order valence-electron chi connectivity index (χ2n) is 5.00. The van der Waals surface area contributed by atoms with Crippen LogP contribution in [0, 0.1) is 5.92 Å². The van der Waals surface area contributed by atoms with Crippen LogP contribution in [0.25, 0.3) is 0 Å². The molecule has 0 radical (unpaired) electrons. The highest BCUT2D eigenvalue weighted by Crippen LogP contribution is 2.28. The van der Waals surface area contributed by atoms with E-state index in [1.807, 2.05) is 44.2 Å². The normalized spacial score (nSPS) is 12.2. The van der Waals surface area contributed by atoms with Gasteiger partial charge in [0.1, 0.15) is 17.4 Å². The van der Waals surface area contributed by atoms with Crippen molar-refractivity contribution in [3.05, 3.63) is 65.7 Å². The summed E-state index contributed by atoms with van der Waals surface area (Å²) in [5.41, 5.74) is 1.14. The number of aromatic hydroxyl groups is 1. The van der Waals surface area contributed by atoms with Crippen LogP contribution in [0.4, 0.5) is 0 Å². The first-order chi connectivity index (χ1) is 9.59. The van der Waals surface area contributed by atoms with Crippen molar-refractivity contribution in [2.75, 3.05) is 0 Å². The van der Waals surface area contributed by atoms with Gasteiger partial charge < -0.3 is 9.84 Å². The summed E-state index contributed by atoms with van der Waals surface area (Å²) >= 11 is 0. The quantitative estimate of drug-likeness (QED) is 0.856. The second-order valence-corrected chi connectivity index (χ2v) is 5.00. The zero-order valence-corrected chi connectivity index (χ0v) is 11.6. The molecule has 0 fully saturated rings. The Bertz CT molecular complexity index is 576. The Labute approximate surface area is 118 Å². The standard InChI is InChI=1S/C17H18O3/c1-12(2)16(13-8-4-3-5-9-13)20-17(19)14-10-6-7-11-15(14)18/h3-12,16,18H,1-2H3. The molecule has 104 valence electrons. The molecule has 0 spiro atoms. The molecule has 0 aliphatic heterocycles. The molecule has 20 heavy (non-hydrogen) atoms. The van der Waals surface area contributed by atoms with Crippen molar-refractivity contribution in [1.29, 1.82) is 0 Å². The number of para-hydroxylation sites is 1. The Balaban J connectivity index is 2.22. The van der Waals surface area contributed by atoms with E-state index in [1.54, 1.807) is 18.2 Å². The molecule has 3 nitrogen and oxygen atoms in total. The fourth-order valence-corrected chi connectivity index (χ4v) is 2.06. The number of phenolic OH excluding ortho intramolecular Hbond substituents is 1. The summed E-state index contributed by atoms with van der Waals surface area (Å²) in [4.78, 5) is 12.2. The van der Waals surface area contributed by atoms with E-state index in [-0.39, 0.29) is 23.3 Å². The fourth-order valence-electron chi connectivity index (χ4n) is 2.06. The third-order valence-electron chi connectivity index (χ3n) is 3.09. The van der Waals surface area contributed by atoms with Crippen LogP contribution in [0.1, 0.15) is 35.9 Å². The molecule has 1 atom stereocenters. The van der Waals surface area contributed by atoms with Gasteiger partial charge in [0.2, 0.25) is 0 Å². The molecule has 3 heteroatoms. The number of benzene rings is 2. The number of rotatable bonds is 4. The zero-order valence-electron chi connectivity index (χ0n) is 11.6. The van der Waals surface area contributed by atoms with E-state index in [2.05, 4.69) is 0 Å². The average molecular weight is 270 g/mol. The van der Waals surface area contributed by atoms with E-state index >= 15 is 0 Å². The van der Waals surface area contributed by atoms with Crippen molar-refractivity contribution in [2.24, 2.45) is 5.92 Å². The van der Waals surface area contributed by atoms with Crippen molar-refractivity contribution in [3.63, 3.8) is 0 Å². The predicted molar refractivity (Wildman–Crippen MR) is 77.5 cm³/mol. The van der Waals surface area contributed by atoms with Crippen LogP contribution in [0.5, 0.6) is 5.75 Å². The second kappa shape index (κ2) is 6.24. The summed E-state index contributed by atoms with van der Waals surface area (Å²) in [5, 5.41) is 9.70. The molecule has 0 aromatic heterocycles. The lowest BCUT2D eigenvalue weighted by Crippen LogP contribution is -2.16. The van der Waals surface area contributed by atoms with E-state index in [1.165, 1.54) is 6.07 Å². The van der Waals surface area contributed by atoms with Crippen LogP contribution < -0.4 is 0 Å². The van der Waals surface area contributed by atoms with Crippen LogP contribution in [0.2, 0.25) is 0 Å². The molecule has 0 saturated carbocycles. The molecule has 0 amide bonds. The Kier molecular flexibility index (Phi) is 4.41. The minimum Gasteiger partial charge on any atom is -0.507 e. The maximum absolute atomic E-state index is 12.2. The third kappa shape index (κ3) is 3.18. The van der Waals surface area contributed by atoms with E-state index in [0.717, 1.165) is 5.56 Å². The zero-order chi connectivity index (χ0) is 14.5. The Morgan fingerprint density at radius 3 is 2.20 bits per heavy atom. The first-order valence-electron chi connectivity index (χ1n) is 6.63. The lowest BCUT2D eigenvalue weighted by Gasteiger charge is -2.22. The van der Waals surface area contributed by atoms with Gasteiger partial charge in [-0.3, -0.25) is 0 Å². The predicted octanol–water partition coefficient (Wildman–Crippen LogP) is 3.95. The van der Waals surface area contributed by atoms with Gasteiger partial charge in [0.05, 0.1) is 0 Å². The van der Waals surface area contributed by atoms with Gasteiger partial charge in [0, 0.05) is 0 Å². The summed E-state index contributed by atoms with van der Waals surface area (Å²) in [6, 6.07) is 16.0. The van der Waals surface area contributed by atoms with Crippen molar-refractivity contribution in [3.8, 4) is 5.75 Å². The molecule has 1 N–H and O–H groups in total. The van der Waals surface area contributed by atoms with Gasteiger partial charge in [-0.25, -0.2) is 4.79 Å². The summed E-state index contributed by atoms with van der Waals surface area (Å²) in [7, 11) is 0. The Hall–Kier alpha value is -2.29. The van der Waals surface area contributed by atoms with Crippen LogP contribution in [-0.4, -0.2) is 11.1 Å². The molecule has 2 aromatic carbocycles. The van der Waals surface area contributed by atoms with Crippen molar-refractivity contribution in [2.45, 2.75) is 20.0 Å². The maximum Gasteiger partial charge on any atom is 0.342 e. The number of carbonyl (C=O) groups is 1. The molecule has 2 rings (SSSR count). The SMILES string of the molecule is CC(C)C(OC(=O)c1ccccc1O)c1ccccc1. The van der Waals surface area contributed by atoms with Gasteiger partial charge in [-0.2, -0.15) is 0 Å². The highest BCUT2D eigenvalue weighted by Gasteiger charge is 2.22. The monoisotopic (exact) mass is 270 g/mol. The Morgan fingerprint density at radius 2 is 1.60 bits per heavy atom. The molecular weight excluding hydrogens is 252 g/mol. The van der Waals surface area contributed by atoms with Gasteiger partial charge >= 0.3 is 5.97 Å². The maximum atomic E-state index is 12.2. The van der Waals surface area contributed by atoms with Gasteiger partial charge in [-0.1, -0.05) is 56.3 Å². The largest absolute Gasteiger partial charge is 0.507 e. The minimum atomic E-state index is -0.509. The van der Waals surface area contributed by atoms with Crippen molar-refractivity contribution in [1.82, 2.24) is 0 Å². The van der Waals surface area contributed by atoms with Gasteiger partial charge in [0.15, 0.2) is 0 Å². The Morgan fingerprint density at radius 1 is 1.00 bits per heavy atom. The number of ether oxygens (including phenoxy) is 1. The highest BCUT2D eigenvalue weighted by molar-refractivity contribution is 5.92. The van der Waals surface area contributed by atoms with E-state index in [4.69, 9.17) is 4.74 Å². The molecule has 2 aromatic rings. The number of hydrogen-bond donors (Lipinski definition) is 1. The van der Waals surface area contributed by atoms with Crippen LogP contribution in [-0.2, 0) is 4.74 Å². The van der Waals surface area contributed by atoms with Crippen LogP contribution in [0.15, 0.2) is 54.6 Å². The minimum absolute atomic E-state index is 0.0620. The summed E-state index contributed by atoms with van der Waals surface area (Å²) in [6.07, 6.45) is -0.330. The topological polar surface area (TPSA) is 46.5 Å². The number of hydrogen-bond acceptors (Lipinski definition) is 3. The van der Waals surface area contributed by atoms with E-state index in [9.17, 15) is 9.90 Å². The number of carbonyl (C=O) groups excluding carboxylic acids is 1. The van der Waals surface area contributed by atoms with Crippen LogP contribution in [0.3, 0.4) is 0 Å². The summed E-state index contributed by atoms with van der Waals surface area (Å²) < 4.78 is 5.57. The van der Waals surface area contributed by atoms with Crippen molar-refractivity contribution < 1.29 is 14.6 Å². The summed E-state index contributed by atoms with van der Waals surface area (Å²) in [5.74, 6) is -0.425. The molecule has 0 aliphatic rings. The first-order valence-corrected chi connectivity index (χ1v) is 6.63. The van der Waals surface area contributed by atoms with Gasteiger partial charge in [-0.15, -0.1) is 0 Å². The highest BCUT2D eigenvalue weighted by atomic mass is 16.5. The van der Waals surface area contributed by atoms with Crippen molar-refractivity contribution >= 4 is 5.97 Å².